The molecule has 2 amide bonds. The zero-order valence-corrected chi connectivity index (χ0v) is 15.4. The Kier molecular flexibility index (Phi) is 5.48. The van der Waals surface area contributed by atoms with Crippen LogP contribution in [0.3, 0.4) is 0 Å². The fourth-order valence-corrected chi connectivity index (χ4v) is 3.71. The van der Waals surface area contributed by atoms with Gasteiger partial charge in [0.15, 0.2) is 0 Å². The molecule has 1 aliphatic heterocycles. The van der Waals surface area contributed by atoms with Crippen molar-refractivity contribution in [3.8, 4) is 0 Å². The Labute approximate surface area is 152 Å². The number of nitrogens with one attached hydrogen (secondary N) is 1. The number of nitrogens with zero attached hydrogens (tertiary/aromatic N) is 2. The Balaban J connectivity index is 1.57. The largest absolute Gasteiger partial charge is 0.357 e. The molecule has 0 unspecified atom stereocenters. The molecule has 0 aliphatic carbocycles. The van der Waals surface area contributed by atoms with E-state index in [0.717, 1.165) is 0 Å². The van der Waals surface area contributed by atoms with Crippen LogP contribution in [-0.4, -0.2) is 58.0 Å². The molecule has 3 rings (SSSR count). The normalized spacial score (nSPS) is 14.8. The number of benzene rings is 1. The van der Waals surface area contributed by atoms with Crippen molar-refractivity contribution < 1.29 is 9.59 Å². The van der Waals surface area contributed by atoms with Crippen LogP contribution < -0.4 is 0 Å². The molecule has 1 fully saturated rings. The molecule has 0 bridgehead atoms. The molecular weight excluding hydrogens is 334 g/mol. The van der Waals surface area contributed by atoms with Crippen molar-refractivity contribution in [2.24, 2.45) is 0 Å². The number of aromatic amines is 1. The van der Waals surface area contributed by atoms with Gasteiger partial charge in [0.1, 0.15) is 5.69 Å². The second kappa shape index (κ2) is 7.78. The molecule has 2 aromatic rings. The molecule has 1 aliphatic rings. The minimum atomic E-state index is -0.00726. The summed E-state index contributed by atoms with van der Waals surface area (Å²) in [5.74, 6) is 0.0280. The van der Waals surface area contributed by atoms with E-state index in [2.05, 4.69) is 18.8 Å². The van der Waals surface area contributed by atoms with Crippen LogP contribution in [0.15, 0.2) is 47.5 Å². The zero-order valence-electron chi connectivity index (χ0n) is 14.6. The van der Waals surface area contributed by atoms with Gasteiger partial charge in [-0.05, 0) is 36.4 Å². The molecule has 0 radical (unpaired) electrons. The van der Waals surface area contributed by atoms with E-state index in [1.165, 1.54) is 4.90 Å². The van der Waals surface area contributed by atoms with Gasteiger partial charge in [0, 0.05) is 48.1 Å². The summed E-state index contributed by atoms with van der Waals surface area (Å²) >= 11 is 1.78. The van der Waals surface area contributed by atoms with Crippen molar-refractivity contribution in [2.45, 2.75) is 24.0 Å². The summed E-state index contributed by atoms with van der Waals surface area (Å²) in [6, 6.07) is 11.4. The van der Waals surface area contributed by atoms with Gasteiger partial charge >= 0.3 is 0 Å². The van der Waals surface area contributed by atoms with E-state index in [4.69, 9.17) is 0 Å². The number of hydrogen-bond donors (Lipinski definition) is 1. The maximum Gasteiger partial charge on any atom is 0.270 e. The first-order chi connectivity index (χ1) is 12.0. The van der Waals surface area contributed by atoms with Crippen LogP contribution >= 0.6 is 11.8 Å². The number of thioether (sulfide) groups is 1. The van der Waals surface area contributed by atoms with E-state index < -0.39 is 0 Å². The van der Waals surface area contributed by atoms with E-state index >= 15 is 0 Å². The number of amides is 2. The zero-order chi connectivity index (χ0) is 17.8. The number of carbonyl (C=O) groups is 2. The summed E-state index contributed by atoms with van der Waals surface area (Å²) in [7, 11) is 0. The topological polar surface area (TPSA) is 56.4 Å². The van der Waals surface area contributed by atoms with Gasteiger partial charge < -0.3 is 14.8 Å². The van der Waals surface area contributed by atoms with Crippen molar-refractivity contribution in [1.82, 2.24) is 14.8 Å². The summed E-state index contributed by atoms with van der Waals surface area (Å²) in [6.45, 7) is 6.55. The molecule has 0 saturated carbocycles. The molecule has 5 nitrogen and oxygen atoms in total. The Bertz CT molecular complexity index is 718. The quantitative estimate of drug-likeness (QED) is 0.856. The highest BCUT2D eigenvalue weighted by Gasteiger charge is 2.25. The first-order valence-corrected chi connectivity index (χ1v) is 9.41. The molecule has 132 valence electrons. The monoisotopic (exact) mass is 357 g/mol. The summed E-state index contributed by atoms with van der Waals surface area (Å²) < 4.78 is 0. The molecule has 6 heteroatoms. The van der Waals surface area contributed by atoms with Crippen molar-refractivity contribution in [2.75, 3.05) is 26.2 Å². The van der Waals surface area contributed by atoms with E-state index in [1.807, 2.05) is 35.2 Å². The number of aromatic nitrogens is 1. The fourth-order valence-electron chi connectivity index (χ4n) is 2.88. The van der Waals surface area contributed by atoms with Crippen molar-refractivity contribution in [1.29, 1.82) is 0 Å². The number of rotatable bonds is 4. The maximum absolute atomic E-state index is 12.6. The number of H-pyrrole nitrogens is 1. The smallest absolute Gasteiger partial charge is 0.270 e. The lowest BCUT2D eigenvalue weighted by molar-refractivity contribution is 0.0532. The highest BCUT2D eigenvalue weighted by molar-refractivity contribution is 7.99. The van der Waals surface area contributed by atoms with Crippen LogP contribution in [0, 0.1) is 0 Å². The van der Waals surface area contributed by atoms with Gasteiger partial charge in [-0.25, -0.2) is 0 Å². The molecule has 1 aromatic carbocycles. The van der Waals surface area contributed by atoms with Gasteiger partial charge in [-0.2, -0.15) is 0 Å². The van der Waals surface area contributed by atoms with Crippen molar-refractivity contribution >= 4 is 23.6 Å². The van der Waals surface area contributed by atoms with Crippen LogP contribution in [0.25, 0.3) is 0 Å². The van der Waals surface area contributed by atoms with Crippen LogP contribution in [0.2, 0.25) is 0 Å². The minimum Gasteiger partial charge on any atom is -0.357 e. The molecule has 1 aromatic heterocycles. The molecule has 25 heavy (non-hydrogen) atoms. The lowest BCUT2D eigenvalue weighted by atomic mass is 10.2. The maximum atomic E-state index is 12.6. The fraction of sp³-hybridized carbons (Fsp3) is 0.368. The predicted molar refractivity (Wildman–Crippen MR) is 100 cm³/mol. The third-order valence-electron chi connectivity index (χ3n) is 4.16. The van der Waals surface area contributed by atoms with Gasteiger partial charge in [0.2, 0.25) is 0 Å². The summed E-state index contributed by atoms with van der Waals surface area (Å²) in [5.41, 5.74) is 1.30. The van der Waals surface area contributed by atoms with Gasteiger partial charge in [-0.1, -0.05) is 13.8 Å². The van der Waals surface area contributed by atoms with Gasteiger partial charge in [0.25, 0.3) is 11.8 Å². The summed E-state index contributed by atoms with van der Waals surface area (Å²) in [5, 5.41) is 0.520. The molecule has 1 N–H and O–H groups in total. The Morgan fingerprint density at radius 1 is 0.960 bits per heavy atom. The molecule has 0 spiro atoms. The predicted octanol–water partition coefficient (Wildman–Crippen LogP) is 3.11. The van der Waals surface area contributed by atoms with Gasteiger partial charge in [-0.3, -0.25) is 9.59 Å². The first-order valence-electron chi connectivity index (χ1n) is 8.53. The Morgan fingerprint density at radius 3 is 2.08 bits per heavy atom. The number of carbonyl (C=O) groups excluding carboxylic acids is 2. The van der Waals surface area contributed by atoms with Gasteiger partial charge in [-0.15, -0.1) is 11.8 Å². The average Bonchev–Trinajstić information content (AvgIpc) is 3.15. The van der Waals surface area contributed by atoms with Crippen LogP contribution in [0.4, 0.5) is 0 Å². The molecule has 0 atom stereocenters. The second-order valence-electron chi connectivity index (χ2n) is 6.36. The van der Waals surface area contributed by atoms with E-state index in [0.29, 0.717) is 42.7 Å². The second-order valence-corrected chi connectivity index (χ2v) is 8.01. The van der Waals surface area contributed by atoms with E-state index in [-0.39, 0.29) is 11.8 Å². The van der Waals surface area contributed by atoms with Crippen LogP contribution in [0.1, 0.15) is 34.7 Å². The third-order valence-corrected chi connectivity index (χ3v) is 5.17. The molecule has 1 saturated heterocycles. The van der Waals surface area contributed by atoms with E-state index in [1.54, 1.807) is 28.9 Å². The average molecular weight is 357 g/mol. The summed E-state index contributed by atoms with van der Waals surface area (Å²) in [4.78, 5) is 32.7. The lowest BCUT2D eigenvalue weighted by Gasteiger charge is -2.34. The van der Waals surface area contributed by atoms with E-state index in [9.17, 15) is 9.59 Å². The van der Waals surface area contributed by atoms with Crippen molar-refractivity contribution in [3.05, 3.63) is 53.9 Å². The highest BCUT2D eigenvalue weighted by Crippen LogP contribution is 2.23. The Hall–Kier alpha value is -2.21. The first kappa shape index (κ1) is 17.6. The summed E-state index contributed by atoms with van der Waals surface area (Å²) in [6.07, 6.45) is 1.74. The number of hydrogen-bond acceptors (Lipinski definition) is 3. The molecule has 2 heterocycles. The highest BCUT2D eigenvalue weighted by atomic mass is 32.2. The molecular formula is C19H23N3O2S. The van der Waals surface area contributed by atoms with Crippen LogP contribution in [-0.2, 0) is 0 Å². The minimum absolute atomic E-state index is 0.00726. The number of piperazine rings is 1. The van der Waals surface area contributed by atoms with Crippen LogP contribution in [0.5, 0.6) is 0 Å². The Morgan fingerprint density at radius 2 is 1.56 bits per heavy atom. The lowest BCUT2D eigenvalue weighted by Crippen LogP contribution is -2.50. The third kappa shape index (κ3) is 4.25. The van der Waals surface area contributed by atoms with Gasteiger partial charge in [0.05, 0.1) is 0 Å². The van der Waals surface area contributed by atoms with Crippen molar-refractivity contribution in [3.63, 3.8) is 0 Å². The SMILES string of the molecule is CC(C)Sc1ccc(C(=O)N2CCN(C(=O)c3ccc[nH]3)CC2)cc1. The standard InChI is InChI=1S/C19H23N3O2S/c1-14(2)25-16-7-5-15(6-8-16)18(23)21-10-12-22(13-11-21)19(24)17-4-3-9-20-17/h3-9,14,20H,10-13H2,1-2H3.